The van der Waals surface area contributed by atoms with E-state index in [-0.39, 0.29) is 18.9 Å². The summed E-state index contributed by atoms with van der Waals surface area (Å²) in [5.74, 6) is 0.563. The van der Waals surface area contributed by atoms with E-state index < -0.39 is 10.0 Å². The summed E-state index contributed by atoms with van der Waals surface area (Å²) in [6, 6.07) is 10.5. The van der Waals surface area contributed by atoms with Crippen molar-refractivity contribution < 1.29 is 17.7 Å². The largest absolute Gasteiger partial charge is 0.352 e. The van der Waals surface area contributed by atoms with Crippen molar-refractivity contribution >= 4 is 21.6 Å². The van der Waals surface area contributed by atoms with Crippen LogP contribution in [-0.4, -0.2) is 35.7 Å². The van der Waals surface area contributed by atoms with Gasteiger partial charge in [-0.25, -0.2) is 8.42 Å². The van der Waals surface area contributed by atoms with Gasteiger partial charge in [-0.1, -0.05) is 23.4 Å². The minimum Gasteiger partial charge on any atom is -0.352 e. The Balaban J connectivity index is 1.53. The van der Waals surface area contributed by atoms with Gasteiger partial charge >= 0.3 is 0 Å². The molecule has 0 aliphatic heterocycles. The van der Waals surface area contributed by atoms with Crippen LogP contribution in [0.25, 0.3) is 11.4 Å². The van der Waals surface area contributed by atoms with Gasteiger partial charge in [0.1, 0.15) is 0 Å². The van der Waals surface area contributed by atoms with Crippen LogP contribution in [0.5, 0.6) is 0 Å². The van der Waals surface area contributed by atoms with Crippen LogP contribution in [0, 0.1) is 0 Å². The highest BCUT2D eigenvalue weighted by molar-refractivity contribution is 7.92. The molecule has 2 heterocycles. The normalized spacial score (nSPS) is 11.2. The zero-order chi connectivity index (χ0) is 20.0. The van der Waals surface area contributed by atoms with E-state index >= 15 is 0 Å². The maximum absolute atomic E-state index is 12.1. The van der Waals surface area contributed by atoms with Gasteiger partial charge in [0.25, 0.3) is 0 Å². The predicted molar refractivity (Wildman–Crippen MR) is 103 cm³/mol. The van der Waals surface area contributed by atoms with E-state index in [1.807, 2.05) is 6.07 Å². The van der Waals surface area contributed by atoms with E-state index in [4.69, 9.17) is 4.52 Å². The highest BCUT2D eigenvalue weighted by Crippen LogP contribution is 2.16. The molecule has 3 aromatic rings. The number of aromatic nitrogens is 3. The third-order valence-corrected chi connectivity index (χ3v) is 4.33. The molecule has 10 heteroatoms. The van der Waals surface area contributed by atoms with E-state index in [1.54, 1.807) is 42.7 Å². The number of carbonyl (C=O) groups is 1. The topological polar surface area (TPSA) is 127 Å². The number of sulfonamides is 1. The molecule has 0 saturated carbocycles. The molecule has 0 spiro atoms. The molecule has 0 unspecified atom stereocenters. The summed E-state index contributed by atoms with van der Waals surface area (Å²) in [6.07, 6.45) is 4.81. The van der Waals surface area contributed by atoms with Crippen LogP contribution in [0.2, 0.25) is 0 Å². The van der Waals surface area contributed by atoms with Crippen LogP contribution in [0.4, 0.5) is 5.69 Å². The highest BCUT2D eigenvalue weighted by atomic mass is 32.2. The van der Waals surface area contributed by atoms with Crippen molar-refractivity contribution in [2.45, 2.75) is 19.4 Å². The van der Waals surface area contributed by atoms with Crippen molar-refractivity contribution in [3.63, 3.8) is 0 Å². The number of hydrogen-bond acceptors (Lipinski definition) is 7. The molecule has 2 N–H and O–H groups in total. The number of nitrogens with one attached hydrogen (secondary N) is 2. The monoisotopic (exact) mass is 401 g/mol. The van der Waals surface area contributed by atoms with Crippen LogP contribution < -0.4 is 10.0 Å². The van der Waals surface area contributed by atoms with Crippen LogP contribution in [-0.2, 0) is 27.8 Å². The Kier molecular flexibility index (Phi) is 5.99. The van der Waals surface area contributed by atoms with Crippen molar-refractivity contribution in [1.29, 1.82) is 0 Å². The lowest BCUT2D eigenvalue weighted by molar-refractivity contribution is -0.121. The molecular weight excluding hydrogens is 382 g/mol. The van der Waals surface area contributed by atoms with Gasteiger partial charge in [-0.05, 0) is 23.8 Å². The Labute approximate surface area is 162 Å². The van der Waals surface area contributed by atoms with E-state index in [0.717, 1.165) is 11.8 Å². The van der Waals surface area contributed by atoms with E-state index in [1.165, 1.54) is 0 Å². The van der Waals surface area contributed by atoms with Crippen molar-refractivity contribution in [3.05, 3.63) is 60.2 Å². The number of benzene rings is 1. The van der Waals surface area contributed by atoms with Gasteiger partial charge in [-0.15, -0.1) is 0 Å². The summed E-state index contributed by atoms with van der Waals surface area (Å²) in [6.45, 7) is 0.197. The Morgan fingerprint density at radius 2 is 2.00 bits per heavy atom. The predicted octanol–water partition coefficient (Wildman–Crippen LogP) is 1.75. The highest BCUT2D eigenvalue weighted by Gasteiger charge is 2.12. The van der Waals surface area contributed by atoms with Gasteiger partial charge < -0.3 is 9.84 Å². The van der Waals surface area contributed by atoms with E-state index in [0.29, 0.717) is 29.4 Å². The maximum atomic E-state index is 12.1. The lowest BCUT2D eigenvalue weighted by Gasteiger charge is -2.11. The Morgan fingerprint density at radius 3 is 2.75 bits per heavy atom. The van der Waals surface area contributed by atoms with Crippen LogP contribution in [0.1, 0.15) is 17.9 Å². The van der Waals surface area contributed by atoms with Gasteiger partial charge in [-0.3, -0.25) is 14.5 Å². The smallest absolute Gasteiger partial charge is 0.229 e. The molecule has 3 rings (SSSR count). The second kappa shape index (κ2) is 8.61. The van der Waals surface area contributed by atoms with Crippen LogP contribution in [0.3, 0.4) is 0 Å². The molecule has 146 valence electrons. The fourth-order valence-corrected chi connectivity index (χ4v) is 3.04. The lowest BCUT2D eigenvalue weighted by Crippen LogP contribution is -2.24. The second-order valence-corrected chi connectivity index (χ2v) is 7.81. The molecular formula is C18H19N5O4S. The number of aryl methyl sites for hydroxylation is 1. The van der Waals surface area contributed by atoms with Gasteiger partial charge in [0.2, 0.25) is 27.6 Å². The van der Waals surface area contributed by atoms with Crippen LogP contribution in [0.15, 0.2) is 53.3 Å². The van der Waals surface area contributed by atoms with Crippen LogP contribution >= 0.6 is 0 Å². The minimum atomic E-state index is -3.40. The Bertz CT molecular complexity index is 1050. The average Bonchev–Trinajstić information content (AvgIpc) is 3.14. The number of pyridine rings is 1. The summed E-state index contributed by atoms with van der Waals surface area (Å²) in [5, 5.41) is 6.64. The summed E-state index contributed by atoms with van der Waals surface area (Å²) in [4.78, 5) is 20.4. The number of anilines is 1. The number of hydrogen-bond donors (Lipinski definition) is 2. The Morgan fingerprint density at radius 1 is 1.18 bits per heavy atom. The first kappa shape index (κ1) is 19.5. The standard InChI is InChI=1S/C18H19N5O4S/c1-28(25,26)23-15-7-3-2-5-13(15)12-20-16(24)8-9-17-21-18(22-27-17)14-6-4-10-19-11-14/h2-7,10-11,23H,8-9,12H2,1H3,(H,20,24). The number of nitrogens with zero attached hydrogens (tertiary/aromatic N) is 3. The maximum Gasteiger partial charge on any atom is 0.229 e. The lowest BCUT2D eigenvalue weighted by atomic mass is 10.2. The van der Waals surface area contributed by atoms with Gasteiger partial charge in [0, 0.05) is 37.3 Å². The SMILES string of the molecule is CS(=O)(=O)Nc1ccccc1CNC(=O)CCc1nc(-c2cccnc2)no1. The van der Waals surface area contributed by atoms with Gasteiger partial charge in [0.15, 0.2) is 0 Å². The summed E-state index contributed by atoms with van der Waals surface area (Å²) in [7, 11) is -3.40. The first-order valence-corrected chi connectivity index (χ1v) is 10.4. The second-order valence-electron chi connectivity index (χ2n) is 6.06. The quantitative estimate of drug-likeness (QED) is 0.589. The molecule has 28 heavy (non-hydrogen) atoms. The van der Waals surface area contributed by atoms with Gasteiger partial charge in [-0.2, -0.15) is 4.98 Å². The number of rotatable bonds is 8. The molecule has 0 radical (unpaired) electrons. The summed E-state index contributed by atoms with van der Waals surface area (Å²) < 4.78 is 30.5. The molecule has 0 aliphatic carbocycles. The summed E-state index contributed by atoms with van der Waals surface area (Å²) in [5.41, 5.74) is 1.83. The van der Waals surface area contributed by atoms with E-state index in [2.05, 4.69) is 25.2 Å². The molecule has 0 bridgehead atoms. The molecule has 0 fully saturated rings. The number of carbonyl (C=O) groups excluding carboxylic acids is 1. The minimum absolute atomic E-state index is 0.163. The zero-order valence-corrected chi connectivity index (χ0v) is 15.9. The van der Waals surface area contributed by atoms with Gasteiger partial charge in [0.05, 0.1) is 11.9 Å². The fraction of sp³-hybridized carbons (Fsp3) is 0.222. The molecule has 1 aromatic carbocycles. The molecule has 1 amide bonds. The molecule has 2 aromatic heterocycles. The number of para-hydroxylation sites is 1. The molecule has 0 aliphatic rings. The molecule has 9 nitrogen and oxygen atoms in total. The zero-order valence-electron chi connectivity index (χ0n) is 15.1. The fourth-order valence-electron chi connectivity index (χ4n) is 2.45. The molecule has 0 saturated heterocycles. The summed E-state index contributed by atoms with van der Waals surface area (Å²) >= 11 is 0. The first-order chi connectivity index (χ1) is 13.4. The number of amides is 1. The van der Waals surface area contributed by atoms with Crippen molar-refractivity contribution in [2.75, 3.05) is 11.0 Å². The molecule has 0 atom stereocenters. The van der Waals surface area contributed by atoms with Crippen molar-refractivity contribution in [1.82, 2.24) is 20.4 Å². The van der Waals surface area contributed by atoms with E-state index in [9.17, 15) is 13.2 Å². The Hall–Kier alpha value is -3.27. The third kappa shape index (κ3) is 5.61. The van der Waals surface area contributed by atoms with Crippen molar-refractivity contribution in [2.24, 2.45) is 0 Å². The first-order valence-electron chi connectivity index (χ1n) is 8.46. The van der Waals surface area contributed by atoms with Crippen molar-refractivity contribution in [3.8, 4) is 11.4 Å². The third-order valence-electron chi connectivity index (χ3n) is 3.74. The average molecular weight is 401 g/mol.